The van der Waals surface area contributed by atoms with Crippen LogP contribution in [0.5, 0.6) is 0 Å². The molecule has 2 atom stereocenters. The molecule has 2 unspecified atom stereocenters. The van der Waals surface area contributed by atoms with Crippen molar-refractivity contribution in [3.05, 3.63) is 53.9 Å². The van der Waals surface area contributed by atoms with Gasteiger partial charge < -0.3 is 9.73 Å². The van der Waals surface area contributed by atoms with Crippen LogP contribution in [0.1, 0.15) is 43.4 Å². The Kier molecular flexibility index (Phi) is 5.85. The zero-order valence-corrected chi connectivity index (χ0v) is 18.8. The summed E-state index contributed by atoms with van der Waals surface area (Å²) in [6, 6.07) is 11.4. The number of aryl methyl sites for hydroxylation is 1. The Balaban J connectivity index is 1.55. The minimum absolute atomic E-state index is 0.140. The smallest absolute Gasteiger partial charge is 0.255 e. The molecule has 8 heteroatoms. The number of carbonyl (C=O) groups excluding carboxylic acids is 1. The number of sulfonamides is 1. The summed E-state index contributed by atoms with van der Waals surface area (Å²) < 4.78 is 33.5. The van der Waals surface area contributed by atoms with Gasteiger partial charge in [-0.1, -0.05) is 26.8 Å². The van der Waals surface area contributed by atoms with E-state index in [0.717, 1.165) is 6.42 Å². The Morgan fingerprint density at radius 1 is 1.16 bits per heavy atom. The number of nitrogens with zero attached hydrogens (tertiary/aromatic N) is 2. The first-order valence-electron chi connectivity index (χ1n) is 10.6. The van der Waals surface area contributed by atoms with Crippen LogP contribution in [0, 0.1) is 11.8 Å². The number of anilines is 1. The molecule has 0 spiro atoms. The van der Waals surface area contributed by atoms with Crippen molar-refractivity contribution in [1.29, 1.82) is 0 Å². The third kappa shape index (κ3) is 4.50. The lowest BCUT2D eigenvalue weighted by Crippen LogP contribution is -2.42. The molecular weight excluding hydrogens is 414 g/mol. The van der Waals surface area contributed by atoms with E-state index in [1.807, 2.05) is 6.92 Å². The SMILES string of the molecule is CCc1nc2cc(NC(=O)c3cccc(S(=O)(=O)N4CC(C)CC(C)C4)c3)ccc2o1. The molecule has 4 rings (SSSR count). The molecule has 0 bridgehead atoms. The van der Waals surface area contributed by atoms with Gasteiger partial charge in [0, 0.05) is 30.8 Å². The lowest BCUT2D eigenvalue weighted by molar-refractivity contribution is 0.102. The average Bonchev–Trinajstić information content (AvgIpc) is 3.15. The largest absolute Gasteiger partial charge is 0.441 e. The molecule has 1 aliphatic rings. The van der Waals surface area contributed by atoms with Crippen molar-refractivity contribution in [2.75, 3.05) is 18.4 Å². The molecule has 3 aromatic rings. The van der Waals surface area contributed by atoms with Crippen LogP contribution in [-0.2, 0) is 16.4 Å². The maximum absolute atomic E-state index is 13.2. The van der Waals surface area contributed by atoms with Crippen LogP contribution in [0.2, 0.25) is 0 Å². The molecule has 2 heterocycles. The Bertz CT molecular complexity index is 1210. The average molecular weight is 442 g/mol. The van der Waals surface area contributed by atoms with Gasteiger partial charge in [0.1, 0.15) is 5.52 Å². The van der Waals surface area contributed by atoms with Crippen LogP contribution in [0.15, 0.2) is 51.8 Å². The Morgan fingerprint density at radius 2 is 1.90 bits per heavy atom. The normalized spacial score (nSPS) is 20.1. The number of aromatic nitrogens is 1. The van der Waals surface area contributed by atoms with E-state index < -0.39 is 10.0 Å². The number of hydrogen-bond acceptors (Lipinski definition) is 5. The predicted molar refractivity (Wildman–Crippen MR) is 119 cm³/mol. The number of oxazole rings is 1. The van der Waals surface area contributed by atoms with Gasteiger partial charge in [-0.25, -0.2) is 13.4 Å². The number of piperidine rings is 1. The van der Waals surface area contributed by atoms with E-state index >= 15 is 0 Å². The van der Waals surface area contributed by atoms with Crippen molar-refractivity contribution >= 4 is 32.7 Å². The summed E-state index contributed by atoms with van der Waals surface area (Å²) in [6.45, 7) is 7.09. The van der Waals surface area contributed by atoms with Gasteiger partial charge in [0.05, 0.1) is 4.90 Å². The Morgan fingerprint density at radius 3 is 2.61 bits per heavy atom. The van der Waals surface area contributed by atoms with E-state index in [-0.39, 0.29) is 16.4 Å². The molecule has 1 saturated heterocycles. The second kappa shape index (κ2) is 8.43. The van der Waals surface area contributed by atoms with Crippen molar-refractivity contribution < 1.29 is 17.6 Å². The highest BCUT2D eigenvalue weighted by molar-refractivity contribution is 7.89. The van der Waals surface area contributed by atoms with Crippen LogP contribution in [-0.4, -0.2) is 36.7 Å². The summed E-state index contributed by atoms with van der Waals surface area (Å²) in [4.78, 5) is 17.3. The molecule has 1 amide bonds. The predicted octanol–water partition coefficient (Wildman–Crippen LogP) is 4.31. The van der Waals surface area contributed by atoms with Crippen molar-refractivity contribution in [1.82, 2.24) is 9.29 Å². The highest BCUT2D eigenvalue weighted by Gasteiger charge is 2.32. The second-order valence-corrected chi connectivity index (χ2v) is 10.3. The minimum Gasteiger partial charge on any atom is -0.441 e. The first-order valence-corrected chi connectivity index (χ1v) is 12.0. The first kappa shape index (κ1) is 21.5. The monoisotopic (exact) mass is 441 g/mol. The summed E-state index contributed by atoms with van der Waals surface area (Å²) in [5, 5.41) is 2.82. The molecule has 1 aromatic heterocycles. The topological polar surface area (TPSA) is 92.5 Å². The number of rotatable bonds is 5. The first-order chi connectivity index (χ1) is 14.8. The van der Waals surface area contributed by atoms with Crippen LogP contribution in [0.3, 0.4) is 0 Å². The van der Waals surface area contributed by atoms with Gasteiger partial charge in [0.25, 0.3) is 5.91 Å². The van der Waals surface area contributed by atoms with Crippen molar-refractivity contribution in [2.45, 2.75) is 38.5 Å². The summed E-state index contributed by atoms with van der Waals surface area (Å²) in [6.07, 6.45) is 1.70. The van der Waals surface area contributed by atoms with Gasteiger partial charge in [-0.05, 0) is 54.7 Å². The fourth-order valence-corrected chi connectivity index (χ4v) is 5.88. The number of carbonyl (C=O) groups is 1. The summed E-state index contributed by atoms with van der Waals surface area (Å²) >= 11 is 0. The van der Waals surface area contributed by atoms with Crippen LogP contribution < -0.4 is 5.32 Å². The lowest BCUT2D eigenvalue weighted by Gasteiger charge is -2.34. The van der Waals surface area contributed by atoms with Crippen molar-refractivity contribution in [2.24, 2.45) is 11.8 Å². The molecule has 1 N–H and O–H groups in total. The van der Waals surface area contributed by atoms with Gasteiger partial charge in [-0.2, -0.15) is 4.31 Å². The molecular formula is C23H27N3O4S. The molecule has 1 fully saturated rings. The minimum atomic E-state index is -3.65. The summed E-state index contributed by atoms with van der Waals surface area (Å²) in [7, 11) is -3.65. The molecule has 2 aromatic carbocycles. The van der Waals surface area contributed by atoms with E-state index in [4.69, 9.17) is 4.42 Å². The van der Waals surface area contributed by atoms with Crippen molar-refractivity contribution in [3.8, 4) is 0 Å². The van der Waals surface area contributed by atoms with Crippen LogP contribution >= 0.6 is 0 Å². The molecule has 31 heavy (non-hydrogen) atoms. The lowest BCUT2D eigenvalue weighted by atomic mass is 9.94. The quantitative estimate of drug-likeness (QED) is 0.637. The number of amides is 1. The summed E-state index contributed by atoms with van der Waals surface area (Å²) in [5.74, 6) is 0.878. The van der Waals surface area contributed by atoms with Crippen LogP contribution in [0.4, 0.5) is 5.69 Å². The molecule has 1 aliphatic heterocycles. The Labute approximate surface area is 182 Å². The Hall–Kier alpha value is -2.71. The van der Waals surface area contributed by atoms with E-state index in [9.17, 15) is 13.2 Å². The van der Waals surface area contributed by atoms with Gasteiger partial charge in [-0.15, -0.1) is 0 Å². The fourth-order valence-electron chi connectivity index (χ4n) is 4.16. The maximum atomic E-state index is 13.2. The zero-order valence-electron chi connectivity index (χ0n) is 18.0. The maximum Gasteiger partial charge on any atom is 0.255 e. The highest BCUT2D eigenvalue weighted by atomic mass is 32.2. The van der Waals surface area contributed by atoms with E-state index in [1.54, 1.807) is 36.4 Å². The van der Waals surface area contributed by atoms with E-state index in [0.29, 0.717) is 54.0 Å². The number of hydrogen-bond donors (Lipinski definition) is 1. The van der Waals surface area contributed by atoms with Gasteiger partial charge in [0.2, 0.25) is 10.0 Å². The van der Waals surface area contributed by atoms with Gasteiger partial charge in [-0.3, -0.25) is 4.79 Å². The fraction of sp³-hybridized carbons (Fsp3) is 0.391. The standard InChI is InChI=1S/C23H27N3O4S/c1-4-22-25-20-12-18(8-9-21(20)30-22)24-23(27)17-6-5-7-19(11-17)31(28,29)26-13-15(2)10-16(3)14-26/h5-9,11-12,15-16H,4,10,13-14H2,1-3H3,(H,24,27). The van der Waals surface area contributed by atoms with Gasteiger partial charge in [0.15, 0.2) is 11.5 Å². The highest BCUT2D eigenvalue weighted by Crippen LogP contribution is 2.27. The van der Waals surface area contributed by atoms with E-state index in [1.165, 1.54) is 10.4 Å². The number of nitrogens with one attached hydrogen (secondary N) is 1. The third-order valence-electron chi connectivity index (χ3n) is 5.56. The number of fused-ring (bicyclic) bond motifs is 1. The molecule has 0 aliphatic carbocycles. The van der Waals surface area contributed by atoms with E-state index in [2.05, 4.69) is 24.1 Å². The van der Waals surface area contributed by atoms with Gasteiger partial charge >= 0.3 is 0 Å². The van der Waals surface area contributed by atoms with Crippen molar-refractivity contribution in [3.63, 3.8) is 0 Å². The molecule has 7 nitrogen and oxygen atoms in total. The number of benzene rings is 2. The zero-order chi connectivity index (χ0) is 22.2. The molecule has 164 valence electrons. The molecule has 0 saturated carbocycles. The van der Waals surface area contributed by atoms with Crippen LogP contribution in [0.25, 0.3) is 11.1 Å². The molecule has 0 radical (unpaired) electrons. The summed E-state index contributed by atoms with van der Waals surface area (Å²) in [5.41, 5.74) is 2.18. The third-order valence-corrected chi connectivity index (χ3v) is 7.39. The second-order valence-electron chi connectivity index (χ2n) is 8.39.